The fraction of sp³-hybridized carbons (Fsp3) is 0.333. The maximum Gasteiger partial charge on any atom is 0.315 e. The molecular weight excluding hydrogens is 368 g/mol. The van der Waals surface area contributed by atoms with Crippen LogP contribution in [0.15, 0.2) is 66.2 Å². The molecule has 3 saturated carbocycles. The largest absolute Gasteiger partial charge is 0.468 e. The van der Waals surface area contributed by atoms with Crippen molar-refractivity contribution in [1.29, 1.82) is 0 Å². The summed E-state index contributed by atoms with van der Waals surface area (Å²) in [6.45, 7) is 0. The molecule has 150 valence electrons. The van der Waals surface area contributed by atoms with Crippen LogP contribution in [0.25, 0.3) is 5.76 Å². The first-order chi connectivity index (χ1) is 14.1. The zero-order valence-corrected chi connectivity index (χ0v) is 16.6. The summed E-state index contributed by atoms with van der Waals surface area (Å²) in [5, 5.41) is 0. The van der Waals surface area contributed by atoms with Gasteiger partial charge in [-0.05, 0) is 25.0 Å². The van der Waals surface area contributed by atoms with E-state index in [4.69, 9.17) is 14.2 Å². The van der Waals surface area contributed by atoms with Crippen LogP contribution in [0.3, 0.4) is 0 Å². The van der Waals surface area contributed by atoms with Crippen molar-refractivity contribution in [3.05, 3.63) is 71.8 Å². The molecule has 5 nitrogen and oxygen atoms in total. The maximum atomic E-state index is 13.0. The molecule has 3 aliphatic rings. The third-order valence-corrected chi connectivity index (χ3v) is 6.04. The number of rotatable bonds is 5. The van der Waals surface area contributed by atoms with Crippen molar-refractivity contribution in [2.24, 2.45) is 11.8 Å². The first-order valence-corrected chi connectivity index (χ1v) is 9.77. The molecule has 0 heterocycles. The minimum Gasteiger partial charge on any atom is -0.468 e. The van der Waals surface area contributed by atoms with Crippen LogP contribution >= 0.6 is 0 Å². The number of fused-ring (bicyclic) bond motifs is 3. The number of carbonyl (C=O) groups is 2. The van der Waals surface area contributed by atoms with Gasteiger partial charge in [0.05, 0.1) is 12.7 Å². The molecule has 3 fully saturated rings. The van der Waals surface area contributed by atoms with Gasteiger partial charge in [0, 0.05) is 30.6 Å². The average molecular weight is 392 g/mol. The molecule has 5 rings (SSSR count). The average Bonchev–Trinajstić information content (AvgIpc) is 2.78. The summed E-state index contributed by atoms with van der Waals surface area (Å²) in [6, 6.07) is 19.0. The number of carbonyl (C=O) groups excluding carboxylic acids is 2. The normalized spacial score (nSPS) is 27.4. The highest BCUT2D eigenvalue weighted by Gasteiger charge is 2.59. The molecule has 29 heavy (non-hydrogen) atoms. The summed E-state index contributed by atoms with van der Waals surface area (Å²) in [6.07, 6.45) is 1.48. The van der Waals surface area contributed by atoms with Gasteiger partial charge in [-0.3, -0.25) is 9.59 Å². The Bertz CT molecular complexity index is 934. The van der Waals surface area contributed by atoms with Crippen LogP contribution in [0, 0.1) is 11.8 Å². The molecule has 0 spiro atoms. The first kappa shape index (κ1) is 19.4. The molecule has 0 radical (unpaired) electrons. The van der Waals surface area contributed by atoms with Gasteiger partial charge in [-0.25, -0.2) is 0 Å². The molecule has 5 heteroatoms. The number of esters is 1. The summed E-state index contributed by atoms with van der Waals surface area (Å²) in [5.41, 5.74) is 0.581. The fourth-order valence-corrected chi connectivity index (χ4v) is 4.64. The third kappa shape index (κ3) is 3.36. The zero-order chi connectivity index (χ0) is 20.4. The van der Waals surface area contributed by atoms with Crippen molar-refractivity contribution in [2.45, 2.75) is 24.9 Å². The standard InChI is InChI=1S/C24H24O5/c1-27-23(26)21-20(18-13-14-24(21,28-2)15-19(18)25)22(16-9-5-3-6-10-16)29-17-11-7-4-8-12-17/h3-12,18,21H,13-15H2,1-2H3/b22-20-/t18-,21-,24-/m1/s1. The van der Waals surface area contributed by atoms with E-state index in [0.29, 0.717) is 29.9 Å². The van der Waals surface area contributed by atoms with Gasteiger partial charge in [-0.2, -0.15) is 0 Å². The minimum atomic E-state index is -0.895. The van der Waals surface area contributed by atoms with Gasteiger partial charge in [-0.15, -0.1) is 0 Å². The summed E-state index contributed by atoms with van der Waals surface area (Å²) in [7, 11) is 2.93. The van der Waals surface area contributed by atoms with Crippen LogP contribution in [0.4, 0.5) is 0 Å². The highest BCUT2D eigenvalue weighted by Crippen LogP contribution is 2.53. The van der Waals surface area contributed by atoms with E-state index in [1.807, 2.05) is 60.7 Å². The van der Waals surface area contributed by atoms with Gasteiger partial charge in [0.25, 0.3) is 0 Å². The summed E-state index contributed by atoms with van der Waals surface area (Å²) in [5.74, 6) is -0.209. The number of hydrogen-bond acceptors (Lipinski definition) is 5. The number of ketones is 1. The highest BCUT2D eigenvalue weighted by molar-refractivity contribution is 5.95. The zero-order valence-electron chi connectivity index (χ0n) is 16.6. The molecule has 3 atom stereocenters. The van der Waals surface area contributed by atoms with E-state index in [2.05, 4.69) is 0 Å². The Balaban J connectivity index is 1.95. The Hall–Kier alpha value is -2.92. The summed E-state index contributed by atoms with van der Waals surface area (Å²) < 4.78 is 17.3. The first-order valence-electron chi connectivity index (χ1n) is 9.77. The van der Waals surface area contributed by atoms with E-state index < -0.39 is 17.5 Å². The van der Waals surface area contributed by atoms with Gasteiger partial charge in [0.2, 0.25) is 0 Å². The lowest BCUT2D eigenvalue weighted by molar-refractivity contribution is -0.169. The Morgan fingerprint density at radius 2 is 1.66 bits per heavy atom. The van der Waals surface area contributed by atoms with Crippen molar-refractivity contribution in [2.75, 3.05) is 14.2 Å². The van der Waals surface area contributed by atoms with E-state index in [-0.39, 0.29) is 18.1 Å². The Kier molecular flexibility index (Phi) is 5.24. The van der Waals surface area contributed by atoms with Crippen LogP contribution in [0.1, 0.15) is 24.8 Å². The van der Waals surface area contributed by atoms with Crippen LogP contribution in [0.2, 0.25) is 0 Å². The predicted molar refractivity (Wildman–Crippen MR) is 108 cm³/mol. The van der Waals surface area contributed by atoms with E-state index >= 15 is 0 Å². The van der Waals surface area contributed by atoms with Gasteiger partial charge in [-0.1, -0.05) is 48.5 Å². The molecule has 0 saturated heterocycles. The molecule has 0 aromatic heterocycles. The van der Waals surface area contributed by atoms with Crippen molar-refractivity contribution in [3.63, 3.8) is 0 Å². The molecule has 2 bridgehead atoms. The van der Waals surface area contributed by atoms with Crippen molar-refractivity contribution in [1.82, 2.24) is 0 Å². The number of para-hydroxylation sites is 1. The number of methoxy groups -OCH3 is 2. The molecule has 2 aromatic carbocycles. The Morgan fingerprint density at radius 1 is 1.00 bits per heavy atom. The predicted octanol–water partition coefficient (Wildman–Crippen LogP) is 4.03. The Labute approximate surface area is 170 Å². The van der Waals surface area contributed by atoms with E-state index in [1.54, 1.807) is 7.11 Å². The highest BCUT2D eigenvalue weighted by atomic mass is 16.5. The smallest absolute Gasteiger partial charge is 0.315 e. The number of benzene rings is 2. The number of Topliss-reactive ketones (excluding diaryl/α,β-unsaturated/α-hetero) is 1. The van der Waals surface area contributed by atoms with Crippen LogP contribution in [0.5, 0.6) is 5.75 Å². The second-order valence-corrected chi connectivity index (χ2v) is 7.53. The second-order valence-electron chi connectivity index (χ2n) is 7.53. The van der Waals surface area contributed by atoms with E-state index in [1.165, 1.54) is 7.11 Å². The Morgan fingerprint density at radius 3 is 2.24 bits per heavy atom. The molecule has 0 aliphatic heterocycles. The summed E-state index contributed by atoms with van der Waals surface area (Å²) in [4.78, 5) is 25.9. The molecule has 0 unspecified atom stereocenters. The lowest BCUT2D eigenvalue weighted by Crippen LogP contribution is -2.58. The summed E-state index contributed by atoms with van der Waals surface area (Å²) >= 11 is 0. The lowest BCUT2D eigenvalue weighted by atomic mass is 9.57. The van der Waals surface area contributed by atoms with Crippen molar-refractivity contribution in [3.8, 4) is 5.75 Å². The maximum absolute atomic E-state index is 13.0. The van der Waals surface area contributed by atoms with E-state index in [0.717, 1.165) is 5.56 Å². The van der Waals surface area contributed by atoms with Crippen LogP contribution in [-0.2, 0) is 19.1 Å². The fourth-order valence-electron chi connectivity index (χ4n) is 4.64. The van der Waals surface area contributed by atoms with E-state index in [9.17, 15) is 9.59 Å². The topological polar surface area (TPSA) is 61.8 Å². The van der Waals surface area contributed by atoms with Gasteiger partial charge in [0.15, 0.2) is 0 Å². The molecule has 2 aromatic rings. The van der Waals surface area contributed by atoms with Crippen LogP contribution in [-0.4, -0.2) is 31.6 Å². The van der Waals surface area contributed by atoms with Gasteiger partial charge < -0.3 is 14.2 Å². The third-order valence-electron chi connectivity index (χ3n) is 6.04. The van der Waals surface area contributed by atoms with Gasteiger partial charge >= 0.3 is 5.97 Å². The lowest BCUT2D eigenvalue weighted by Gasteiger charge is -2.50. The van der Waals surface area contributed by atoms with Crippen LogP contribution < -0.4 is 4.74 Å². The van der Waals surface area contributed by atoms with Crippen molar-refractivity contribution < 1.29 is 23.8 Å². The SMILES string of the molecule is COC(=O)[C@H]1/C(=C(\Oc2ccccc2)c2ccccc2)[C@@H]2CC[C@@]1(OC)CC2=O. The molecular formula is C24H24O5. The second kappa shape index (κ2) is 7.84. The molecule has 0 amide bonds. The quantitative estimate of drug-likeness (QED) is 0.568. The minimum absolute atomic E-state index is 0.0818. The van der Waals surface area contributed by atoms with Gasteiger partial charge in [0.1, 0.15) is 23.2 Å². The van der Waals surface area contributed by atoms with Crippen molar-refractivity contribution >= 4 is 17.5 Å². The number of hydrogen-bond donors (Lipinski definition) is 0. The monoisotopic (exact) mass is 392 g/mol. The number of ether oxygens (including phenoxy) is 3. The molecule has 0 N–H and O–H groups in total. The molecule has 3 aliphatic carbocycles.